The first-order valence-electron chi connectivity index (χ1n) is 14.9. The van der Waals surface area contributed by atoms with Crippen LogP contribution < -0.4 is 10.1 Å². The van der Waals surface area contributed by atoms with Crippen molar-refractivity contribution in [1.29, 1.82) is 0 Å². The van der Waals surface area contributed by atoms with E-state index in [1.165, 1.54) is 4.80 Å². The lowest BCUT2D eigenvalue weighted by Crippen LogP contribution is -2.45. The molecule has 224 valence electrons. The van der Waals surface area contributed by atoms with Gasteiger partial charge in [0.1, 0.15) is 35.2 Å². The van der Waals surface area contributed by atoms with Crippen LogP contribution in [0.2, 0.25) is 0 Å². The molecule has 1 fully saturated rings. The van der Waals surface area contributed by atoms with Gasteiger partial charge in [0.2, 0.25) is 17.7 Å². The third kappa shape index (κ3) is 6.85. The average molecular weight is 585 g/mol. The van der Waals surface area contributed by atoms with Crippen molar-refractivity contribution < 1.29 is 19.1 Å². The number of rotatable bonds is 3. The number of carbonyl (C=O) groups excluding carboxylic acids is 3. The molecule has 0 spiro atoms. The van der Waals surface area contributed by atoms with Crippen molar-refractivity contribution >= 4 is 28.8 Å². The number of nitrogens with zero attached hydrogens (tertiary/aromatic N) is 7. The maximum Gasteiger partial charge on any atom is 0.246 e. The van der Waals surface area contributed by atoms with Crippen LogP contribution in [0.4, 0.5) is 0 Å². The van der Waals surface area contributed by atoms with Gasteiger partial charge in [0.25, 0.3) is 0 Å². The summed E-state index contributed by atoms with van der Waals surface area (Å²) in [4.78, 5) is 48.4. The number of imidazole rings is 1. The first-order valence-corrected chi connectivity index (χ1v) is 14.9. The molecule has 12 nitrogen and oxygen atoms in total. The van der Waals surface area contributed by atoms with E-state index in [1.807, 2.05) is 69.1 Å². The largest absolute Gasteiger partial charge is 0.494 e. The van der Waals surface area contributed by atoms with E-state index in [1.54, 1.807) is 6.20 Å². The number of fused-ring (bicyclic) bond motifs is 5. The standard InChI is InChI=1S/C31H36N8O4/c40-28-12-11-27(33-28)31(42)38-15-4-3-14-36(29(41)22-39-34-25-9-1-2-10-26(25)35-39)18-19-37-17-13-32-30(37)23-7-5-8-24(21-23)43-20-6-16-38/h1-2,5,7-10,13,17,21,27H,3-4,6,11-12,14-16,18-20,22H2,(H,33,40). The monoisotopic (exact) mass is 584 g/mol. The van der Waals surface area contributed by atoms with Gasteiger partial charge in [0.15, 0.2) is 0 Å². The fourth-order valence-corrected chi connectivity index (χ4v) is 5.66. The zero-order valence-corrected chi connectivity index (χ0v) is 24.1. The molecule has 6 rings (SSSR count). The Bertz CT molecular complexity index is 1560. The Balaban J connectivity index is 1.21. The number of hydrogen-bond acceptors (Lipinski definition) is 7. The van der Waals surface area contributed by atoms with Crippen LogP contribution in [0.5, 0.6) is 5.75 Å². The molecule has 43 heavy (non-hydrogen) atoms. The van der Waals surface area contributed by atoms with Crippen molar-refractivity contribution in [3.05, 3.63) is 60.9 Å². The Labute approximate surface area is 249 Å². The van der Waals surface area contributed by atoms with E-state index in [0.29, 0.717) is 58.6 Å². The van der Waals surface area contributed by atoms with E-state index in [-0.39, 0.29) is 24.3 Å². The van der Waals surface area contributed by atoms with Crippen LogP contribution >= 0.6 is 0 Å². The molecule has 0 aliphatic carbocycles. The van der Waals surface area contributed by atoms with Crippen molar-refractivity contribution in [3.8, 4) is 17.1 Å². The van der Waals surface area contributed by atoms with Crippen LogP contribution in [-0.4, -0.2) is 90.9 Å². The molecule has 4 aromatic rings. The van der Waals surface area contributed by atoms with Gasteiger partial charge < -0.3 is 24.4 Å². The summed E-state index contributed by atoms with van der Waals surface area (Å²) in [5.74, 6) is 1.32. The van der Waals surface area contributed by atoms with Gasteiger partial charge in [-0.3, -0.25) is 14.4 Å². The van der Waals surface area contributed by atoms with Crippen molar-refractivity contribution in [2.45, 2.75) is 51.2 Å². The average Bonchev–Trinajstić information content (AvgIpc) is 3.76. The number of benzene rings is 2. The lowest BCUT2D eigenvalue weighted by Gasteiger charge is -2.27. The molecule has 0 radical (unpaired) electrons. The van der Waals surface area contributed by atoms with E-state index < -0.39 is 6.04 Å². The zero-order valence-electron chi connectivity index (χ0n) is 24.1. The smallest absolute Gasteiger partial charge is 0.246 e. The quantitative estimate of drug-likeness (QED) is 0.392. The van der Waals surface area contributed by atoms with Crippen molar-refractivity contribution in [2.75, 3.05) is 32.8 Å². The van der Waals surface area contributed by atoms with Gasteiger partial charge in [0.05, 0.1) is 6.61 Å². The fraction of sp³-hybridized carbons (Fsp3) is 0.419. The molecule has 12 heteroatoms. The molecule has 1 atom stereocenters. The minimum Gasteiger partial charge on any atom is -0.494 e. The first-order chi connectivity index (χ1) is 21.0. The summed E-state index contributed by atoms with van der Waals surface area (Å²) in [5, 5.41) is 11.8. The molecule has 1 saturated heterocycles. The minimum atomic E-state index is -0.475. The zero-order chi connectivity index (χ0) is 29.6. The molecule has 1 N–H and O–H groups in total. The maximum atomic E-state index is 13.6. The van der Waals surface area contributed by atoms with Crippen LogP contribution in [0.1, 0.15) is 32.1 Å². The second-order valence-electron chi connectivity index (χ2n) is 11.0. The van der Waals surface area contributed by atoms with Crippen molar-refractivity contribution in [3.63, 3.8) is 0 Å². The van der Waals surface area contributed by atoms with E-state index in [9.17, 15) is 14.4 Å². The van der Waals surface area contributed by atoms with E-state index in [4.69, 9.17) is 4.74 Å². The van der Waals surface area contributed by atoms with Crippen LogP contribution in [0, 0.1) is 0 Å². The predicted octanol–water partition coefficient (Wildman–Crippen LogP) is 2.49. The summed E-state index contributed by atoms with van der Waals surface area (Å²) in [6, 6.07) is 14.9. The van der Waals surface area contributed by atoms with Gasteiger partial charge in [-0.05, 0) is 49.9 Å². The normalized spacial score (nSPS) is 18.5. The predicted molar refractivity (Wildman–Crippen MR) is 159 cm³/mol. The molecule has 0 saturated carbocycles. The molecule has 2 bridgehead atoms. The van der Waals surface area contributed by atoms with Crippen LogP contribution in [-0.2, 0) is 27.5 Å². The van der Waals surface area contributed by atoms with Crippen LogP contribution in [0.25, 0.3) is 22.4 Å². The third-order valence-corrected chi connectivity index (χ3v) is 7.93. The summed E-state index contributed by atoms with van der Waals surface area (Å²) >= 11 is 0. The molecular weight excluding hydrogens is 548 g/mol. The third-order valence-electron chi connectivity index (χ3n) is 7.93. The molecule has 3 amide bonds. The van der Waals surface area contributed by atoms with Crippen LogP contribution in [0.15, 0.2) is 60.9 Å². The first kappa shape index (κ1) is 28.4. The highest BCUT2D eigenvalue weighted by atomic mass is 16.5. The number of nitrogens with one attached hydrogen (secondary N) is 1. The van der Waals surface area contributed by atoms with Crippen molar-refractivity contribution in [2.24, 2.45) is 0 Å². The second-order valence-corrected chi connectivity index (χ2v) is 11.0. The van der Waals surface area contributed by atoms with E-state index in [0.717, 1.165) is 41.0 Å². The van der Waals surface area contributed by atoms with Gasteiger partial charge in [-0.2, -0.15) is 15.0 Å². The summed E-state index contributed by atoms with van der Waals surface area (Å²) < 4.78 is 8.10. The lowest BCUT2D eigenvalue weighted by atomic mass is 10.1. The highest BCUT2D eigenvalue weighted by molar-refractivity contribution is 5.90. The Morgan fingerprint density at radius 1 is 0.907 bits per heavy atom. The number of ether oxygens (including phenoxy) is 1. The molecule has 2 aromatic heterocycles. The second kappa shape index (κ2) is 13.1. The van der Waals surface area contributed by atoms with Gasteiger partial charge in [-0.1, -0.05) is 24.3 Å². The number of hydrogen-bond donors (Lipinski definition) is 1. The Kier molecular flexibility index (Phi) is 8.62. The van der Waals surface area contributed by atoms with Gasteiger partial charge >= 0.3 is 0 Å². The van der Waals surface area contributed by atoms with Gasteiger partial charge in [-0.15, -0.1) is 0 Å². The highest BCUT2D eigenvalue weighted by Gasteiger charge is 2.30. The fourth-order valence-electron chi connectivity index (χ4n) is 5.66. The molecule has 2 aliphatic rings. The van der Waals surface area contributed by atoms with Gasteiger partial charge in [-0.25, -0.2) is 4.98 Å². The number of carbonyl (C=O) groups is 3. The molecule has 4 heterocycles. The Hall–Kier alpha value is -4.74. The maximum absolute atomic E-state index is 13.6. The summed E-state index contributed by atoms with van der Waals surface area (Å²) in [6.07, 6.45) is 6.68. The molecular formula is C31H36N8O4. The Morgan fingerprint density at radius 2 is 1.67 bits per heavy atom. The summed E-state index contributed by atoms with van der Waals surface area (Å²) in [5.41, 5.74) is 2.42. The summed E-state index contributed by atoms with van der Waals surface area (Å²) in [6.45, 7) is 3.14. The topological polar surface area (TPSA) is 127 Å². The van der Waals surface area contributed by atoms with Crippen LogP contribution in [0.3, 0.4) is 0 Å². The lowest BCUT2D eigenvalue weighted by molar-refractivity contribution is -0.135. The van der Waals surface area contributed by atoms with E-state index in [2.05, 4.69) is 20.5 Å². The Morgan fingerprint density at radius 3 is 2.44 bits per heavy atom. The van der Waals surface area contributed by atoms with E-state index >= 15 is 0 Å². The summed E-state index contributed by atoms with van der Waals surface area (Å²) in [7, 11) is 0. The SMILES string of the molecule is O=C1CCC(C(=O)N2CCCCN(C(=O)Cn3nc4ccccc4n3)CCn3ccnc3-c3cccc(c3)OCCC2)N1. The number of aromatic nitrogens is 5. The minimum absolute atomic E-state index is 0.0385. The molecule has 1 unspecified atom stereocenters. The molecule has 2 aromatic carbocycles. The van der Waals surface area contributed by atoms with Gasteiger partial charge in [0, 0.05) is 57.1 Å². The molecule has 2 aliphatic heterocycles. The number of amides is 3. The highest BCUT2D eigenvalue weighted by Crippen LogP contribution is 2.23. The van der Waals surface area contributed by atoms with Crippen molar-refractivity contribution in [1.82, 2.24) is 39.7 Å².